The predicted octanol–water partition coefficient (Wildman–Crippen LogP) is 4.51. The summed E-state index contributed by atoms with van der Waals surface area (Å²) >= 11 is 0. The summed E-state index contributed by atoms with van der Waals surface area (Å²) < 4.78 is 17.4. The smallest absolute Gasteiger partial charge is 0.223 e. The highest BCUT2D eigenvalue weighted by Gasteiger charge is 2.50. The number of anilines is 2. The molecular weight excluding hydrogens is 459 g/mol. The van der Waals surface area contributed by atoms with E-state index in [4.69, 9.17) is 0 Å². The van der Waals surface area contributed by atoms with E-state index in [1.54, 1.807) is 23.1 Å². The molecule has 4 heterocycles. The first-order valence-electron chi connectivity index (χ1n) is 11.9. The average molecular weight is 489 g/mol. The minimum absolute atomic E-state index is 0.0960. The fourth-order valence-electron chi connectivity index (χ4n) is 4.43. The van der Waals surface area contributed by atoms with Gasteiger partial charge in [-0.2, -0.15) is 10.2 Å². The molecular formula is C26H29FN8O. The third-order valence-electron chi connectivity index (χ3n) is 6.48. The molecule has 4 aromatic rings. The van der Waals surface area contributed by atoms with Gasteiger partial charge < -0.3 is 10.6 Å². The summed E-state index contributed by atoms with van der Waals surface area (Å²) in [5, 5.41) is 17.4. The molecule has 3 N–H and O–H groups in total. The Labute approximate surface area is 208 Å². The lowest BCUT2D eigenvalue weighted by atomic mass is 9.69. The summed E-state index contributed by atoms with van der Waals surface area (Å²) in [6.07, 6.45) is 5.58. The van der Waals surface area contributed by atoms with Crippen LogP contribution in [-0.2, 0) is 10.5 Å². The maximum Gasteiger partial charge on any atom is 0.223 e. The lowest BCUT2D eigenvalue weighted by molar-refractivity contribution is -0.135. The highest BCUT2D eigenvalue weighted by molar-refractivity contribution is 5.80. The third-order valence-corrected chi connectivity index (χ3v) is 6.48. The van der Waals surface area contributed by atoms with Crippen LogP contribution in [0.2, 0.25) is 0 Å². The van der Waals surface area contributed by atoms with Crippen molar-refractivity contribution in [2.75, 3.05) is 5.32 Å². The fourth-order valence-corrected chi connectivity index (χ4v) is 4.43. The number of aromatic amines is 1. The molecule has 186 valence electrons. The number of H-pyrrole nitrogens is 1. The lowest BCUT2D eigenvalue weighted by Crippen LogP contribution is -2.46. The van der Waals surface area contributed by atoms with E-state index in [0.717, 1.165) is 22.4 Å². The van der Waals surface area contributed by atoms with Crippen molar-refractivity contribution in [2.45, 2.75) is 52.2 Å². The van der Waals surface area contributed by atoms with Crippen LogP contribution < -0.4 is 10.6 Å². The molecule has 0 unspecified atom stereocenters. The normalized spacial score (nSPS) is 20.0. The monoisotopic (exact) mass is 488 g/mol. The number of hydrogen-bond donors (Lipinski definition) is 3. The van der Waals surface area contributed by atoms with Crippen LogP contribution in [0, 0.1) is 26.7 Å². The van der Waals surface area contributed by atoms with E-state index in [9.17, 15) is 4.79 Å². The molecule has 9 nitrogen and oxygen atoms in total. The van der Waals surface area contributed by atoms with Gasteiger partial charge in [0.2, 0.25) is 5.91 Å². The van der Waals surface area contributed by atoms with Crippen molar-refractivity contribution in [3.8, 4) is 5.82 Å². The summed E-state index contributed by atoms with van der Waals surface area (Å²) in [7, 11) is 0. The second-order valence-electron chi connectivity index (χ2n) is 9.69. The number of aryl methyl sites for hydroxylation is 3. The number of rotatable bonds is 7. The Balaban J connectivity index is 1.20. The minimum Gasteiger partial charge on any atom is -0.349 e. The first-order chi connectivity index (χ1) is 17.2. The molecule has 1 saturated carbocycles. The van der Waals surface area contributed by atoms with Crippen molar-refractivity contribution in [3.63, 3.8) is 0 Å². The van der Waals surface area contributed by atoms with Crippen molar-refractivity contribution in [1.82, 2.24) is 35.3 Å². The fraction of sp³-hybridized carbons (Fsp3) is 0.346. The van der Waals surface area contributed by atoms with Gasteiger partial charge in [0, 0.05) is 30.1 Å². The second-order valence-corrected chi connectivity index (χ2v) is 9.69. The second kappa shape index (κ2) is 9.18. The molecule has 1 atom stereocenters. The van der Waals surface area contributed by atoms with Gasteiger partial charge in [0.05, 0.1) is 17.9 Å². The highest BCUT2D eigenvalue weighted by atomic mass is 19.1. The summed E-state index contributed by atoms with van der Waals surface area (Å²) in [5.74, 6) is 1.27. The van der Waals surface area contributed by atoms with Gasteiger partial charge in [0.1, 0.15) is 5.82 Å². The first-order valence-corrected chi connectivity index (χ1v) is 11.9. The van der Waals surface area contributed by atoms with E-state index in [-0.39, 0.29) is 24.8 Å². The van der Waals surface area contributed by atoms with E-state index in [1.807, 2.05) is 58.2 Å². The van der Waals surface area contributed by atoms with Gasteiger partial charge in [0.15, 0.2) is 17.3 Å². The van der Waals surface area contributed by atoms with E-state index < -0.39 is 11.6 Å². The summed E-state index contributed by atoms with van der Waals surface area (Å²) in [6, 6.07) is 8.95. The van der Waals surface area contributed by atoms with Gasteiger partial charge in [-0.1, -0.05) is 6.07 Å². The Morgan fingerprint density at radius 1 is 1.14 bits per heavy atom. The maximum absolute atomic E-state index is 15.7. The number of pyridine rings is 2. The molecule has 1 aliphatic carbocycles. The molecule has 1 amide bonds. The highest BCUT2D eigenvalue weighted by Crippen LogP contribution is 2.49. The van der Waals surface area contributed by atoms with Gasteiger partial charge in [0.25, 0.3) is 0 Å². The Hall–Kier alpha value is -4.08. The maximum atomic E-state index is 15.7. The number of alkyl halides is 1. The van der Waals surface area contributed by atoms with Crippen molar-refractivity contribution in [3.05, 3.63) is 77.0 Å². The molecule has 5 rings (SSSR count). The number of carbonyl (C=O) groups excluding carboxylic acids is 1. The lowest BCUT2D eigenvalue weighted by Gasteiger charge is -2.40. The topological polar surface area (TPSA) is 113 Å². The van der Waals surface area contributed by atoms with Crippen LogP contribution in [-0.4, -0.2) is 35.9 Å². The Bertz CT molecular complexity index is 1390. The minimum atomic E-state index is -1.64. The Morgan fingerprint density at radius 3 is 2.58 bits per heavy atom. The molecule has 10 heteroatoms. The summed E-state index contributed by atoms with van der Waals surface area (Å²) in [5.41, 5.74) is 2.41. The number of nitrogens with one attached hydrogen (secondary N) is 3. The van der Waals surface area contributed by atoms with Crippen LogP contribution in [0.25, 0.3) is 5.82 Å². The van der Waals surface area contributed by atoms with Gasteiger partial charge in [-0.05, 0) is 75.4 Å². The van der Waals surface area contributed by atoms with Crippen LogP contribution in [0.3, 0.4) is 0 Å². The van der Waals surface area contributed by atoms with Crippen molar-refractivity contribution in [2.24, 2.45) is 5.92 Å². The quantitative estimate of drug-likeness (QED) is 0.353. The number of carbonyl (C=O) groups is 1. The van der Waals surface area contributed by atoms with Gasteiger partial charge >= 0.3 is 0 Å². The van der Waals surface area contributed by atoms with Crippen molar-refractivity contribution in [1.29, 1.82) is 0 Å². The molecule has 0 bridgehead atoms. The number of halogens is 1. The SMILES string of the molecule is Cc1cc(Nc2cc(C)[nH]n2)nc(C2(F)CC(C(=O)N[C@@H](C)c3ccc(-n4cc(C)cn4)nc3)C2)c1. The molecule has 4 aromatic heterocycles. The summed E-state index contributed by atoms with van der Waals surface area (Å²) in [6.45, 7) is 7.66. The van der Waals surface area contributed by atoms with E-state index in [1.165, 1.54) is 0 Å². The molecule has 0 radical (unpaired) electrons. The number of hydrogen-bond acceptors (Lipinski definition) is 6. The molecule has 1 fully saturated rings. The number of nitrogens with zero attached hydrogens (tertiary/aromatic N) is 5. The Morgan fingerprint density at radius 2 is 1.94 bits per heavy atom. The Kier molecular flexibility index (Phi) is 6.03. The summed E-state index contributed by atoms with van der Waals surface area (Å²) in [4.78, 5) is 21.8. The molecule has 0 saturated heterocycles. The average Bonchev–Trinajstić information content (AvgIpc) is 3.44. The van der Waals surface area contributed by atoms with Crippen LogP contribution in [0.15, 0.2) is 48.9 Å². The molecule has 0 aliphatic heterocycles. The van der Waals surface area contributed by atoms with E-state index >= 15 is 4.39 Å². The molecule has 1 aliphatic rings. The van der Waals surface area contributed by atoms with E-state index in [0.29, 0.717) is 23.1 Å². The zero-order valence-electron chi connectivity index (χ0n) is 20.7. The standard InChI is InChI=1S/C26H29FN8O/c1-15-7-21(31-22(8-15)32-23-9-17(3)33-34-23)26(27)10-20(11-26)25(36)30-18(4)19-5-6-24(28-13-19)35-14-16(2)12-29-35/h5-9,12-14,18,20H,10-11H2,1-4H3,(H,30,36)(H2,31,32,33,34)/t18-,20?,26?/m0/s1. The molecule has 0 aromatic carbocycles. The van der Waals surface area contributed by atoms with Crippen LogP contribution in [0.4, 0.5) is 16.0 Å². The van der Waals surface area contributed by atoms with Crippen LogP contribution in [0.5, 0.6) is 0 Å². The van der Waals surface area contributed by atoms with Crippen molar-refractivity contribution < 1.29 is 9.18 Å². The third kappa shape index (κ3) is 4.84. The van der Waals surface area contributed by atoms with E-state index in [2.05, 4.69) is 35.9 Å². The number of amides is 1. The van der Waals surface area contributed by atoms with Gasteiger partial charge in [-0.15, -0.1) is 0 Å². The van der Waals surface area contributed by atoms with Crippen LogP contribution >= 0.6 is 0 Å². The molecule has 36 heavy (non-hydrogen) atoms. The van der Waals surface area contributed by atoms with Gasteiger partial charge in [-0.25, -0.2) is 19.0 Å². The van der Waals surface area contributed by atoms with Gasteiger partial charge in [-0.3, -0.25) is 9.89 Å². The number of aromatic nitrogens is 6. The van der Waals surface area contributed by atoms with Crippen LogP contribution in [0.1, 0.15) is 53.9 Å². The zero-order valence-corrected chi connectivity index (χ0v) is 20.7. The predicted molar refractivity (Wildman–Crippen MR) is 134 cm³/mol. The molecule has 0 spiro atoms. The largest absolute Gasteiger partial charge is 0.349 e. The zero-order chi connectivity index (χ0) is 25.4. The van der Waals surface area contributed by atoms with Crippen molar-refractivity contribution >= 4 is 17.5 Å². The first kappa shape index (κ1) is 23.7.